The third-order valence-electron chi connectivity index (χ3n) is 4.95. The van der Waals surface area contributed by atoms with Crippen LogP contribution in [-0.4, -0.2) is 44.1 Å². The number of cyclic esters (lactones) is 2. The number of carbonyl (C=O) groups is 5. The Morgan fingerprint density at radius 2 is 1.39 bits per heavy atom. The summed E-state index contributed by atoms with van der Waals surface area (Å²) in [5.41, 5.74) is 0.952. The average Bonchev–Trinajstić information content (AvgIpc) is 2.81. The van der Waals surface area contributed by atoms with Crippen molar-refractivity contribution in [3.63, 3.8) is 0 Å². The lowest BCUT2D eigenvalue weighted by molar-refractivity contribution is 0.0389. The molecule has 2 amide bonds. The number of carbonyl (C=O) groups excluding carboxylic acids is 5. The van der Waals surface area contributed by atoms with Gasteiger partial charge in [0.05, 0.1) is 42.2 Å². The Hall–Kier alpha value is -4.73. The van der Waals surface area contributed by atoms with E-state index in [0.717, 1.165) is 0 Å². The molecule has 0 fully saturated rings. The predicted octanol–water partition coefficient (Wildman–Crippen LogP) is 3.37. The Balaban J connectivity index is 1.66. The van der Waals surface area contributed by atoms with Gasteiger partial charge in [0.15, 0.2) is 0 Å². The van der Waals surface area contributed by atoms with Gasteiger partial charge >= 0.3 is 29.9 Å². The Labute approximate surface area is 186 Å². The van der Waals surface area contributed by atoms with E-state index in [2.05, 4.69) is 20.1 Å². The molecule has 0 saturated heterocycles. The maximum absolute atomic E-state index is 12.7. The normalized spacial score (nSPS) is 12.1. The van der Waals surface area contributed by atoms with Crippen molar-refractivity contribution in [2.24, 2.45) is 0 Å². The molecule has 1 aliphatic heterocycles. The molecule has 1 heterocycles. The van der Waals surface area contributed by atoms with Crippen molar-refractivity contribution in [1.82, 2.24) is 0 Å². The molecule has 3 aromatic rings. The van der Waals surface area contributed by atoms with Gasteiger partial charge in [-0.05, 0) is 36.4 Å². The molecule has 3 aromatic carbocycles. The maximum atomic E-state index is 12.7. The van der Waals surface area contributed by atoms with Gasteiger partial charge in [-0.15, -0.1) is 0 Å². The minimum atomic E-state index is -0.769. The fraction of sp³-hybridized carbons (Fsp3) is 0.0870. The van der Waals surface area contributed by atoms with E-state index in [1.165, 1.54) is 50.6 Å². The lowest BCUT2D eigenvalue weighted by atomic mass is 9.96. The predicted molar refractivity (Wildman–Crippen MR) is 115 cm³/mol. The molecule has 0 bridgehead atoms. The molecule has 0 saturated carbocycles. The van der Waals surface area contributed by atoms with Crippen molar-refractivity contribution in [3.8, 4) is 0 Å². The second-order valence-corrected chi connectivity index (χ2v) is 6.93. The molecule has 0 unspecified atom stereocenters. The number of urea groups is 1. The quantitative estimate of drug-likeness (QED) is 0.352. The van der Waals surface area contributed by atoms with Crippen LogP contribution in [0.4, 0.5) is 16.2 Å². The molecular weight excluding hydrogens is 432 g/mol. The summed E-state index contributed by atoms with van der Waals surface area (Å²) in [6, 6.07) is 11.0. The zero-order valence-electron chi connectivity index (χ0n) is 17.4. The van der Waals surface area contributed by atoms with Gasteiger partial charge in [0.2, 0.25) is 0 Å². The molecule has 166 valence electrons. The smallest absolute Gasteiger partial charge is 0.346 e. The number of hydrogen-bond acceptors (Lipinski definition) is 8. The van der Waals surface area contributed by atoms with Crippen molar-refractivity contribution in [2.45, 2.75) is 0 Å². The summed E-state index contributed by atoms with van der Waals surface area (Å²) in [6.45, 7) is 0. The Morgan fingerprint density at radius 1 is 0.788 bits per heavy atom. The molecule has 0 radical (unpaired) electrons. The molecule has 1 aliphatic rings. The molecule has 0 atom stereocenters. The van der Waals surface area contributed by atoms with E-state index in [4.69, 9.17) is 4.74 Å². The van der Waals surface area contributed by atoms with Crippen molar-refractivity contribution in [2.75, 3.05) is 24.9 Å². The molecule has 10 nitrogen and oxygen atoms in total. The topological polar surface area (TPSA) is 137 Å². The van der Waals surface area contributed by atoms with Crippen molar-refractivity contribution >= 4 is 52.1 Å². The zero-order valence-corrected chi connectivity index (χ0v) is 17.4. The second kappa shape index (κ2) is 8.42. The van der Waals surface area contributed by atoms with Gasteiger partial charge in [0, 0.05) is 16.5 Å². The first-order valence-electron chi connectivity index (χ1n) is 9.54. The van der Waals surface area contributed by atoms with Crippen molar-refractivity contribution in [1.29, 1.82) is 0 Å². The molecular formula is C23H16N2O8. The Morgan fingerprint density at radius 3 is 2.00 bits per heavy atom. The van der Waals surface area contributed by atoms with Crippen LogP contribution >= 0.6 is 0 Å². The number of nitrogens with one attached hydrogen (secondary N) is 2. The first-order valence-corrected chi connectivity index (χ1v) is 9.54. The van der Waals surface area contributed by atoms with Crippen LogP contribution in [0.1, 0.15) is 41.4 Å². The molecule has 10 heteroatoms. The van der Waals surface area contributed by atoms with Crippen LogP contribution in [0.5, 0.6) is 0 Å². The van der Waals surface area contributed by atoms with E-state index in [1.807, 2.05) is 0 Å². The monoisotopic (exact) mass is 448 g/mol. The van der Waals surface area contributed by atoms with Gasteiger partial charge in [-0.1, -0.05) is 12.1 Å². The van der Waals surface area contributed by atoms with E-state index in [1.54, 1.807) is 12.1 Å². The van der Waals surface area contributed by atoms with Gasteiger partial charge in [-0.25, -0.2) is 24.0 Å². The lowest BCUT2D eigenvalue weighted by Gasteiger charge is -2.18. The molecule has 0 aliphatic carbocycles. The summed E-state index contributed by atoms with van der Waals surface area (Å²) in [4.78, 5) is 60.7. The number of anilines is 2. The van der Waals surface area contributed by atoms with E-state index >= 15 is 0 Å². The Bertz CT molecular complexity index is 1310. The summed E-state index contributed by atoms with van der Waals surface area (Å²) < 4.78 is 14.1. The first-order chi connectivity index (χ1) is 15.8. The number of amides is 2. The van der Waals surface area contributed by atoms with Gasteiger partial charge in [0.25, 0.3) is 0 Å². The van der Waals surface area contributed by atoms with Gasteiger partial charge in [0.1, 0.15) is 0 Å². The highest BCUT2D eigenvalue weighted by molar-refractivity contribution is 6.23. The van der Waals surface area contributed by atoms with Crippen molar-refractivity contribution in [3.05, 3.63) is 70.8 Å². The number of hydrogen-bond donors (Lipinski definition) is 2. The lowest BCUT2D eigenvalue weighted by Crippen LogP contribution is -2.22. The molecule has 0 spiro atoms. The van der Waals surface area contributed by atoms with E-state index in [9.17, 15) is 24.0 Å². The van der Waals surface area contributed by atoms with Crippen LogP contribution in [0.3, 0.4) is 0 Å². The zero-order chi connectivity index (χ0) is 23.7. The van der Waals surface area contributed by atoms with E-state index < -0.39 is 29.9 Å². The molecule has 33 heavy (non-hydrogen) atoms. The van der Waals surface area contributed by atoms with Crippen LogP contribution in [0.15, 0.2) is 48.5 Å². The van der Waals surface area contributed by atoms with Gasteiger partial charge in [-0.2, -0.15) is 0 Å². The number of methoxy groups -OCH3 is 2. The minimum Gasteiger partial charge on any atom is -0.465 e. The number of rotatable bonds is 4. The highest BCUT2D eigenvalue weighted by Gasteiger charge is 2.28. The summed E-state index contributed by atoms with van der Waals surface area (Å²) >= 11 is 0. The minimum absolute atomic E-state index is 0.0364. The number of ether oxygens (including phenoxy) is 3. The summed E-state index contributed by atoms with van der Waals surface area (Å²) in [7, 11) is 2.37. The molecule has 0 aromatic heterocycles. The summed E-state index contributed by atoms with van der Waals surface area (Å²) in [5, 5.41) is 6.02. The van der Waals surface area contributed by atoms with Gasteiger partial charge < -0.3 is 24.8 Å². The standard InChI is InChI=1S/C23H16N2O8/c1-31-19(26)11-8-12(20(27)32-2)10-13(9-11)24-23(30)25-17-7-6-16-18-14(17)4-3-5-15(18)21(28)33-22(16)29/h3-10H,1-2H3,(H2,24,25,30). The first kappa shape index (κ1) is 21.5. The van der Waals surface area contributed by atoms with Crippen LogP contribution in [0, 0.1) is 0 Å². The van der Waals surface area contributed by atoms with Gasteiger partial charge in [-0.3, -0.25) is 0 Å². The van der Waals surface area contributed by atoms with Crippen LogP contribution in [0.2, 0.25) is 0 Å². The highest BCUT2D eigenvalue weighted by atomic mass is 16.6. The fourth-order valence-electron chi connectivity index (χ4n) is 3.51. The van der Waals surface area contributed by atoms with E-state index in [-0.39, 0.29) is 27.9 Å². The van der Waals surface area contributed by atoms with E-state index in [0.29, 0.717) is 16.5 Å². The maximum Gasteiger partial charge on any atom is 0.346 e. The molecule has 4 rings (SSSR count). The number of esters is 4. The summed E-state index contributed by atoms with van der Waals surface area (Å²) in [5.74, 6) is -2.95. The largest absolute Gasteiger partial charge is 0.465 e. The van der Waals surface area contributed by atoms with Crippen LogP contribution < -0.4 is 10.6 Å². The molecule has 2 N–H and O–H groups in total. The van der Waals surface area contributed by atoms with Crippen LogP contribution in [-0.2, 0) is 14.2 Å². The highest BCUT2D eigenvalue weighted by Crippen LogP contribution is 2.33. The third-order valence-corrected chi connectivity index (χ3v) is 4.95. The second-order valence-electron chi connectivity index (χ2n) is 6.93. The Kier molecular flexibility index (Phi) is 5.49. The van der Waals surface area contributed by atoms with Crippen molar-refractivity contribution < 1.29 is 38.2 Å². The summed E-state index contributed by atoms with van der Waals surface area (Å²) in [6.07, 6.45) is 0. The van der Waals surface area contributed by atoms with Crippen LogP contribution in [0.25, 0.3) is 10.8 Å². The third kappa shape index (κ3) is 3.97. The SMILES string of the molecule is COC(=O)c1cc(NC(=O)Nc2ccc3c4c(cccc24)C(=O)OC3=O)cc(C(=O)OC)c1. The number of benzene rings is 3. The average molecular weight is 448 g/mol. The fourth-order valence-corrected chi connectivity index (χ4v) is 3.51.